The highest BCUT2D eigenvalue weighted by molar-refractivity contribution is 5.67. The fraction of sp³-hybridized carbons (Fsp3) is 0.385. The van der Waals surface area contributed by atoms with Gasteiger partial charge < -0.3 is 10.1 Å². The number of hydrogen-bond donors (Lipinski definition) is 1. The normalized spacial score (nSPS) is 23.8. The molecule has 1 N–H and O–H groups in total. The van der Waals surface area contributed by atoms with Crippen LogP contribution in [0, 0.1) is 17.7 Å². The van der Waals surface area contributed by atoms with Crippen LogP contribution < -0.4 is 5.32 Å². The monoisotopic (exact) mass is 462 g/mol. The van der Waals surface area contributed by atoms with Gasteiger partial charge in [0.1, 0.15) is 17.2 Å². The number of nitrogens with one attached hydrogen (secondary N) is 1. The van der Waals surface area contributed by atoms with Gasteiger partial charge in [0.2, 0.25) is 0 Å². The predicted molar refractivity (Wildman–Crippen MR) is 124 cm³/mol. The van der Waals surface area contributed by atoms with Gasteiger partial charge in [-0.15, -0.1) is 0 Å². The van der Waals surface area contributed by atoms with Crippen LogP contribution in [0.3, 0.4) is 0 Å². The number of rotatable bonds is 5. The molecule has 1 amide bonds. The fourth-order valence-electron chi connectivity index (χ4n) is 5.30. The first-order valence-corrected chi connectivity index (χ1v) is 11.8. The number of alkyl carbamates (subject to hydrolysis) is 1. The number of pyridine rings is 1. The van der Waals surface area contributed by atoms with E-state index in [1.807, 2.05) is 24.3 Å². The molecule has 176 valence electrons. The maximum atomic E-state index is 13.5. The number of benzene rings is 1. The number of nitrogens with zero attached hydrogens (tertiary/aromatic N) is 3. The molecule has 0 bridgehead atoms. The lowest BCUT2D eigenvalue weighted by molar-refractivity contribution is 0.128. The molecule has 0 saturated heterocycles. The topological polar surface area (TPSA) is 90.1 Å². The summed E-state index contributed by atoms with van der Waals surface area (Å²) in [6, 6.07) is 10.5. The van der Waals surface area contributed by atoms with Crippen molar-refractivity contribution in [1.29, 1.82) is 0 Å². The smallest absolute Gasteiger partial charge is 0.407 e. The number of amides is 1. The molecule has 0 spiro atoms. The average Bonchev–Trinajstić information content (AvgIpc) is 3.30. The fourth-order valence-corrected chi connectivity index (χ4v) is 5.30. The molecule has 8 heteroatoms. The summed E-state index contributed by atoms with van der Waals surface area (Å²) in [6.07, 6.45) is 9.09. The molecule has 5 rings (SSSR count). The third-order valence-corrected chi connectivity index (χ3v) is 6.88. The summed E-state index contributed by atoms with van der Waals surface area (Å²) in [5.74, 6) is 0.575. The minimum absolute atomic E-state index is 0.0771. The third kappa shape index (κ3) is 4.71. The molecule has 4 atom stereocenters. The van der Waals surface area contributed by atoms with Gasteiger partial charge in [-0.1, -0.05) is 34.6 Å². The molecule has 7 nitrogen and oxygen atoms in total. The summed E-state index contributed by atoms with van der Waals surface area (Å²) in [6.45, 7) is 2.17. The highest BCUT2D eigenvalue weighted by Crippen LogP contribution is 2.46. The van der Waals surface area contributed by atoms with Gasteiger partial charge in [-0.2, -0.15) is 0 Å². The van der Waals surface area contributed by atoms with Gasteiger partial charge in [-0.05, 0) is 74.3 Å². The van der Waals surface area contributed by atoms with Crippen molar-refractivity contribution in [3.8, 4) is 11.1 Å². The number of aromatic nitrogens is 3. The highest BCUT2D eigenvalue weighted by atomic mass is 19.1. The van der Waals surface area contributed by atoms with E-state index in [0.717, 1.165) is 53.9 Å². The molecule has 1 saturated carbocycles. The van der Waals surface area contributed by atoms with Crippen LogP contribution in [0.25, 0.3) is 17.2 Å². The van der Waals surface area contributed by atoms with Crippen molar-refractivity contribution in [2.45, 2.75) is 44.6 Å². The van der Waals surface area contributed by atoms with E-state index in [0.29, 0.717) is 18.4 Å². The Morgan fingerprint density at radius 3 is 2.94 bits per heavy atom. The number of fused-ring (bicyclic) bond motifs is 2. The van der Waals surface area contributed by atoms with E-state index in [4.69, 9.17) is 9.37 Å². The van der Waals surface area contributed by atoms with Crippen LogP contribution in [0.2, 0.25) is 0 Å². The van der Waals surface area contributed by atoms with Crippen LogP contribution in [0.5, 0.6) is 0 Å². The van der Waals surface area contributed by atoms with Gasteiger partial charge in [-0.25, -0.2) is 13.8 Å². The van der Waals surface area contributed by atoms with Crippen molar-refractivity contribution < 1.29 is 18.6 Å². The Balaban J connectivity index is 1.32. The van der Waals surface area contributed by atoms with Gasteiger partial charge >= 0.3 is 6.09 Å². The lowest BCUT2D eigenvalue weighted by Crippen LogP contribution is -2.44. The predicted octanol–water partition coefficient (Wildman–Crippen LogP) is 5.15. The van der Waals surface area contributed by atoms with Crippen molar-refractivity contribution in [3.05, 3.63) is 71.6 Å². The zero-order valence-electron chi connectivity index (χ0n) is 19.0. The van der Waals surface area contributed by atoms with Crippen LogP contribution in [0.1, 0.15) is 49.2 Å². The molecule has 3 aromatic rings. The molecule has 1 fully saturated rings. The van der Waals surface area contributed by atoms with Gasteiger partial charge in [-0.3, -0.25) is 4.98 Å². The number of hydrogen-bond acceptors (Lipinski definition) is 6. The van der Waals surface area contributed by atoms with Crippen LogP contribution in [0.4, 0.5) is 9.18 Å². The lowest BCUT2D eigenvalue weighted by atomic mass is 9.64. The quantitative estimate of drug-likeness (QED) is 0.564. The molecular formula is C26H27FN4O3. The molecule has 2 aromatic heterocycles. The van der Waals surface area contributed by atoms with E-state index in [1.165, 1.54) is 12.1 Å². The summed E-state index contributed by atoms with van der Waals surface area (Å²) in [5, 5.41) is 11.3. The molecule has 0 radical (unpaired) electrons. The zero-order valence-corrected chi connectivity index (χ0v) is 19.0. The standard InChI is InChI=1S/C26H27FN4O3/c1-2-33-26(32)29-21-9-10-22-18(13-21)14-24-25(31-34-30-24)23(22)11-8-20-7-6-17(15-28-20)16-4-3-5-19(27)12-16/h3-8,11-12,15,18,21-23H,2,9-10,13-14H2,1H3,(H,29,32)/b11-8+/t18-,21+,22+,23-/m0/s1. The minimum Gasteiger partial charge on any atom is -0.450 e. The Kier molecular flexibility index (Phi) is 6.38. The maximum Gasteiger partial charge on any atom is 0.407 e. The Hall–Kier alpha value is -3.55. The zero-order chi connectivity index (χ0) is 23.5. The SMILES string of the molecule is CCOC(=O)N[C@@H]1CC[C@@H]2[C@H](Cc3nonc3[C@H]2/C=C/c2ccc(-c3cccc(F)c3)cn2)C1. The molecule has 2 heterocycles. The summed E-state index contributed by atoms with van der Waals surface area (Å²) in [4.78, 5) is 16.4. The van der Waals surface area contributed by atoms with E-state index in [-0.39, 0.29) is 23.9 Å². The molecule has 1 aromatic carbocycles. The van der Waals surface area contributed by atoms with Crippen LogP contribution in [-0.4, -0.2) is 34.0 Å². The summed E-state index contributed by atoms with van der Waals surface area (Å²) in [5.41, 5.74) is 4.26. The van der Waals surface area contributed by atoms with Crippen molar-refractivity contribution in [3.63, 3.8) is 0 Å². The summed E-state index contributed by atoms with van der Waals surface area (Å²) < 4.78 is 23.7. The molecule has 0 aliphatic heterocycles. The highest BCUT2D eigenvalue weighted by Gasteiger charge is 2.42. The summed E-state index contributed by atoms with van der Waals surface area (Å²) in [7, 11) is 0. The maximum absolute atomic E-state index is 13.5. The van der Waals surface area contributed by atoms with Gasteiger partial charge in [0.15, 0.2) is 0 Å². The number of allylic oxidation sites excluding steroid dienone is 1. The first kappa shape index (κ1) is 22.3. The Bertz CT molecular complexity index is 1180. The molecule has 2 aliphatic rings. The summed E-state index contributed by atoms with van der Waals surface area (Å²) >= 11 is 0. The Labute approximate surface area is 197 Å². The van der Waals surface area contributed by atoms with E-state index >= 15 is 0 Å². The van der Waals surface area contributed by atoms with Crippen molar-refractivity contribution >= 4 is 12.2 Å². The third-order valence-electron chi connectivity index (χ3n) is 6.88. The average molecular weight is 463 g/mol. The largest absolute Gasteiger partial charge is 0.450 e. The van der Waals surface area contributed by atoms with E-state index in [9.17, 15) is 9.18 Å². The second kappa shape index (κ2) is 9.75. The first-order valence-electron chi connectivity index (χ1n) is 11.8. The number of carbonyl (C=O) groups is 1. The molecule has 2 aliphatic carbocycles. The van der Waals surface area contributed by atoms with Crippen LogP contribution >= 0.6 is 0 Å². The van der Waals surface area contributed by atoms with Crippen molar-refractivity contribution in [2.75, 3.05) is 6.61 Å². The minimum atomic E-state index is -0.352. The lowest BCUT2D eigenvalue weighted by Gasteiger charge is -2.41. The second-order valence-corrected chi connectivity index (χ2v) is 8.97. The second-order valence-electron chi connectivity index (χ2n) is 8.97. The Morgan fingerprint density at radius 1 is 1.24 bits per heavy atom. The molecule has 0 unspecified atom stereocenters. The Morgan fingerprint density at radius 2 is 2.15 bits per heavy atom. The number of halogens is 1. The number of ether oxygens (including phenoxy) is 1. The number of carbonyl (C=O) groups excluding carboxylic acids is 1. The molecule has 34 heavy (non-hydrogen) atoms. The van der Waals surface area contributed by atoms with Gasteiger partial charge in [0.05, 0.1) is 12.3 Å². The van der Waals surface area contributed by atoms with E-state index in [2.05, 4.69) is 26.7 Å². The van der Waals surface area contributed by atoms with Crippen molar-refractivity contribution in [1.82, 2.24) is 20.6 Å². The van der Waals surface area contributed by atoms with Gasteiger partial charge in [0.25, 0.3) is 0 Å². The van der Waals surface area contributed by atoms with Gasteiger partial charge in [0, 0.05) is 23.7 Å². The molecular weight excluding hydrogens is 435 g/mol. The van der Waals surface area contributed by atoms with E-state index in [1.54, 1.807) is 19.2 Å². The van der Waals surface area contributed by atoms with Crippen LogP contribution in [0.15, 0.2) is 53.3 Å². The van der Waals surface area contributed by atoms with E-state index < -0.39 is 0 Å². The van der Waals surface area contributed by atoms with Crippen LogP contribution in [-0.2, 0) is 11.2 Å². The first-order chi connectivity index (χ1) is 16.6. The van der Waals surface area contributed by atoms with Crippen molar-refractivity contribution in [2.24, 2.45) is 11.8 Å².